The Morgan fingerprint density at radius 2 is 2.55 bits per heavy atom. The molecule has 0 aromatic rings. The maximum atomic E-state index is 10.1. The van der Waals surface area contributed by atoms with Crippen LogP contribution in [0.5, 0.6) is 0 Å². The molecule has 5 heteroatoms. The summed E-state index contributed by atoms with van der Waals surface area (Å²) < 4.78 is 0. The lowest BCUT2D eigenvalue weighted by Gasteiger charge is -1.99. The van der Waals surface area contributed by atoms with E-state index in [1.54, 1.807) is 0 Å². The molecule has 0 fully saturated rings. The van der Waals surface area contributed by atoms with Crippen LogP contribution >= 0.6 is 0 Å². The highest BCUT2D eigenvalue weighted by Crippen LogP contribution is 2.02. The summed E-state index contributed by atoms with van der Waals surface area (Å²) in [7, 11) is 0. The molecule has 1 aliphatic rings. The Morgan fingerprint density at radius 3 is 3.09 bits per heavy atom. The maximum absolute atomic E-state index is 10.1. The Balaban J connectivity index is 2.21. The SMILES string of the molecule is NC(C=O)CCC1=NCN=N1. The molecule has 0 bridgehead atoms. The normalized spacial score (nSPS) is 18.1. The summed E-state index contributed by atoms with van der Waals surface area (Å²) in [4.78, 5) is 14.0. The van der Waals surface area contributed by atoms with Crippen molar-refractivity contribution in [3.8, 4) is 0 Å². The van der Waals surface area contributed by atoms with E-state index in [2.05, 4.69) is 15.2 Å². The number of nitrogens with zero attached hydrogens (tertiary/aromatic N) is 3. The second-order valence-electron chi connectivity index (χ2n) is 2.30. The van der Waals surface area contributed by atoms with Gasteiger partial charge in [-0.25, -0.2) is 4.99 Å². The molecule has 5 nitrogen and oxygen atoms in total. The van der Waals surface area contributed by atoms with Gasteiger partial charge in [0, 0.05) is 6.42 Å². The first kappa shape index (κ1) is 8.00. The first-order valence-corrected chi connectivity index (χ1v) is 3.44. The monoisotopic (exact) mass is 154 g/mol. The Kier molecular flexibility index (Phi) is 2.85. The predicted molar refractivity (Wildman–Crippen MR) is 40.4 cm³/mol. The minimum atomic E-state index is -0.395. The van der Waals surface area contributed by atoms with E-state index in [0.29, 0.717) is 25.3 Å². The number of azo groups is 1. The van der Waals surface area contributed by atoms with E-state index in [-0.39, 0.29) is 0 Å². The van der Waals surface area contributed by atoms with Crippen LogP contribution < -0.4 is 5.73 Å². The summed E-state index contributed by atoms with van der Waals surface area (Å²) in [6.45, 7) is 0.422. The molecule has 0 saturated heterocycles. The Morgan fingerprint density at radius 1 is 1.73 bits per heavy atom. The van der Waals surface area contributed by atoms with Crippen LogP contribution in [0.3, 0.4) is 0 Å². The van der Waals surface area contributed by atoms with E-state index in [1.165, 1.54) is 0 Å². The molecule has 1 unspecified atom stereocenters. The molecule has 0 aromatic heterocycles. The number of nitrogens with two attached hydrogens (primary N) is 1. The van der Waals surface area contributed by atoms with Crippen molar-refractivity contribution in [2.24, 2.45) is 21.0 Å². The molecule has 0 saturated carbocycles. The van der Waals surface area contributed by atoms with Crippen LogP contribution in [0.4, 0.5) is 0 Å². The summed E-state index contributed by atoms with van der Waals surface area (Å²) in [5.74, 6) is 0.697. The van der Waals surface area contributed by atoms with Gasteiger partial charge in [-0.3, -0.25) is 0 Å². The number of aldehydes is 1. The van der Waals surface area contributed by atoms with Gasteiger partial charge in [0.05, 0.1) is 6.04 Å². The molecule has 0 spiro atoms. The second-order valence-corrected chi connectivity index (χ2v) is 2.30. The van der Waals surface area contributed by atoms with Gasteiger partial charge in [0.15, 0.2) is 6.67 Å². The van der Waals surface area contributed by atoms with E-state index in [1.807, 2.05) is 0 Å². The lowest BCUT2D eigenvalue weighted by atomic mass is 10.2. The van der Waals surface area contributed by atoms with E-state index in [4.69, 9.17) is 5.73 Å². The third kappa shape index (κ3) is 2.55. The van der Waals surface area contributed by atoms with Crippen molar-refractivity contribution in [1.29, 1.82) is 0 Å². The lowest BCUT2D eigenvalue weighted by molar-refractivity contribution is -0.108. The summed E-state index contributed by atoms with van der Waals surface area (Å²) in [6.07, 6.45) is 1.97. The van der Waals surface area contributed by atoms with Crippen molar-refractivity contribution in [3.63, 3.8) is 0 Å². The fourth-order valence-electron chi connectivity index (χ4n) is 0.751. The van der Waals surface area contributed by atoms with E-state index in [9.17, 15) is 4.79 Å². The van der Waals surface area contributed by atoms with E-state index >= 15 is 0 Å². The van der Waals surface area contributed by atoms with Crippen LogP contribution in [0.1, 0.15) is 12.8 Å². The molecule has 1 rings (SSSR count). The van der Waals surface area contributed by atoms with Gasteiger partial charge in [0.25, 0.3) is 0 Å². The number of hydrogen-bond donors (Lipinski definition) is 1. The average Bonchev–Trinajstić information content (AvgIpc) is 2.52. The zero-order chi connectivity index (χ0) is 8.10. The Hall–Kier alpha value is -1.10. The lowest BCUT2D eigenvalue weighted by Crippen LogP contribution is -2.21. The van der Waals surface area contributed by atoms with Crippen molar-refractivity contribution >= 4 is 12.1 Å². The van der Waals surface area contributed by atoms with Crippen LogP contribution in [0.25, 0.3) is 0 Å². The summed E-state index contributed by atoms with van der Waals surface area (Å²) in [5, 5.41) is 7.41. The largest absolute Gasteiger partial charge is 0.322 e. The first-order chi connectivity index (χ1) is 5.33. The molecule has 0 aliphatic carbocycles. The molecule has 11 heavy (non-hydrogen) atoms. The van der Waals surface area contributed by atoms with E-state index in [0.717, 1.165) is 6.29 Å². The minimum Gasteiger partial charge on any atom is -0.322 e. The summed E-state index contributed by atoms with van der Waals surface area (Å²) in [6, 6.07) is -0.395. The molecule has 0 aromatic carbocycles. The highest BCUT2D eigenvalue weighted by atomic mass is 16.1. The highest BCUT2D eigenvalue weighted by molar-refractivity contribution is 5.83. The van der Waals surface area contributed by atoms with Crippen LogP contribution in [0.15, 0.2) is 15.2 Å². The van der Waals surface area contributed by atoms with Gasteiger partial charge in [0.1, 0.15) is 12.1 Å². The van der Waals surface area contributed by atoms with Gasteiger partial charge in [0.2, 0.25) is 0 Å². The van der Waals surface area contributed by atoms with Crippen molar-refractivity contribution < 1.29 is 4.79 Å². The van der Waals surface area contributed by atoms with E-state index < -0.39 is 6.04 Å². The van der Waals surface area contributed by atoms with Crippen molar-refractivity contribution in [2.45, 2.75) is 18.9 Å². The second kappa shape index (κ2) is 3.92. The summed E-state index contributed by atoms with van der Waals surface area (Å²) >= 11 is 0. The maximum Gasteiger partial charge on any atom is 0.152 e. The van der Waals surface area contributed by atoms with Gasteiger partial charge in [-0.15, -0.1) is 5.11 Å². The van der Waals surface area contributed by atoms with Crippen molar-refractivity contribution in [3.05, 3.63) is 0 Å². The zero-order valence-corrected chi connectivity index (χ0v) is 6.10. The van der Waals surface area contributed by atoms with Crippen LogP contribution in [-0.2, 0) is 4.79 Å². The van der Waals surface area contributed by atoms with Crippen molar-refractivity contribution in [1.82, 2.24) is 0 Å². The molecule has 60 valence electrons. The number of carbonyl (C=O) groups is 1. The smallest absolute Gasteiger partial charge is 0.152 e. The molecule has 1 heterocycles. The Bertz CT molecular complexity index is 199. The quantitative estimate of drug-likeness (QED) is 0.583. The van der Waals surface area contributed by atoms with Crippen molar-refractivity contribution in [2.75, 3.05) is 6.67 Å². The number of hydrogen-bond acceptors (Lipinski definition) is 5. The molecular weight excluding hydrogens is 144 g/mol. The predicted octanol–water partition coefficient (Wildman–Crippen LogP) is 0.115. The van der Waals surface area contributed by atoms with Crippen LogP contribution in [0, 0.1) is 0 Å². The number of aliphatic imine (C=N–C) groups is 1. The number of rotatable bonds is 4. The van der Waals surface area contributed by atoms with Gasteiger partial charge < -0.3 is 10.5 Å². The molecule has 1 aliphatic heterocycles. The van der Waals surface area contributed by atoms with Gasteiger partial charge in [-0.1, -0.05) is 0 Å². The molecule has 1 atom stereocenters. The summed E-state index contributed by atoms with van der Waals surface area (Å²) in [5.41, 5.74) is 5.36. The fourth-order valence-corrected chi connectivity index (χ4v) is 0.751. The zero-order valence-electron chi connectivity index (χ0n) is 6.10. The van der Waals surface area contributed by atoms with Crippen LogP contribution in [-0.4, -0.2) is 24.8 Å². The number of carbonyl (C=O) groups excluding carboxylic acids is 1. The van der Waals surface area contributed by atoms with Gasteiger partial charge in [-0.05, 0) is 6.42 Å². The van der Waals surface area contributed by atoms with Gasteiger partial charge >= 0.3 is 0 Å². The van der Waals surface area contributed by atoms with Crippen LogP contribution in [0.2, 0.25) is 0 Å². The Labute approximate surface area is 64.4 Å². The third-order valence-electron chi connectivity index (χ3n) is 1.38. The first-order valence-electron chi connectivity index (χ1n) is 3.44. The topological polar surface area (TPSA) is 80.2 Å². The average molecular weight is 154 g/mol. The fraction of sp³-hybridized carbons (Fsp3) is 0.667. The third-order valence-corrected chi connectivity index (χ3v) is 1.38. The highest BCUT2D eigenvalue weighted by Gasteiger charge is 2.05. The van der Waals surface area contributed by atoms with Gasteiger partial charge in [-0.2, -0.15) is 5.11 Å². The number of amidine groups is 1. The molecule has 0 radical (unpaired) electrons. The minimum absolute atomic E-state index is 0.395. The standard InChI is InChI=1S/C6H10N4O/c7-5(3-11)1-2-6-8-4-9-10-6/h3,5H,1-2,4,7H2. The molecule has 2 N–H and O–H groups in total. The molecule has 0 amide bonds. The molecular formula is C6H10N4O.